The highest BCUT2D eigenvalue weighted by molar-refractivity contribution is 6.90. The fourth-order valence-electron chi connectivity index (χ4n) is 1.80. The van der Waals surface area contributed by atoms with Gasteiger partial charge in [-0.1, -0.05) is 0 Å². The lowest BCUT2D eigenvalue weighted by atomic mass is 10.7. The molecule has 0 saturated heterocycles. The predicted molar refractivity (Wildman–Crippen MR) is 97.7 cm³/mol. The van der Waals surface area contributed by atoms with Crippen LogP contribution >= 0.6 is 0 Å². The summed E-state index contributed by atoms with van der Waals surface area (Å²) in [6.07, 6.45) is 0.362. The Morgan fingerprint density at radius 3 is 1.24 bits per heavy atom. The van der Waals surface area contributed by atoms with E-state index in [1.165, 1.54) is 6.92 Å². The number of rotatable bonds is 8. The molecule has 0 heterocycles. The van der Waals surface area contributed by atoms with Gasteiger partial charge in [-0.3, -0.25) is 4.79 Å². The second-order valence-corrected chi connectivity index (χ2v) is 25.1. The third-order valence-electron chi connectivity index (χ3n) is 1.94. The Hall–Kier alpha value is 0.218. The first kappa shape index (κ1) is 21.2. The largest absolute Gasteiger partial charge is 0.489 e. The van der Waals surface area contributed by atoms with Gasteiger partial charge >= 0.3 is 8.80 Å². The zero-order valence-corrected chi connectivity index (χ0v) is 19.3. The molecule has 1 amide bonds. The van der Waals surface area contributed by atoms with Crippen molar-refractivity contribution in [3.05, 3.63) is 0 Å². The molecular weight excluding hydrogens is 334 g/mol. The number of carbonyl (C=O) groups excluding carboxylic acids is 1. The molecule has 0 bridgehead atoms. The van der Waals surface area contributed by atoms with Gasteiger partial charge < -0.3 is 17.7 Å². The maximum absolute atomic E-state index is 11.4. The van der Waals surface area contributed by atoms with Gasteiger partial charge in [0.2, 0.25) is 5.91 Å². The van der Waals surface area contributed by atoms with Gasteiger partial charge in [0.25, 0.3) is 0 Å². The van der Waals surface area contributed by atoms with Crippen molar-refractivity contribution in [2.24, 2.45) is 0 Å². The Balaban J connectivity index is 5.51. The number of hydrogen-bond donors (Lipinski definition) is 1. The van der Waals surface area contributed by atoms with E-state index in [2.05, 4.69) is 64.2 Å². The van der Waals surface area contributed by atoms with Crippen LogP contribution < -0.4 is 5.32 Å². The highest BCUT2D eigenvalue weighted by Gasteiger charge is 2.50. The average molecular weight is 368 g/mol. The Morgan fingerprint density at radius 2 is 1.05 bits per heavy atom. The van der Waals surface area contributed by atoms with Crippen molar-refractivity contribution >= 4 is 39.7 Å². The molecule has 0 aliphatic rings. The van der Waals surface area contributed by atoms with Crippen LogP contribution in [0.3, 0.4) is 0 Å². The molecule has 0 spiro atoms. The topological polar surface area (TPSA) is 56.8 Å². The number of amides is 1. The van der Waals surface area contributed by atoms with E-state index in [1.807, 2.05) is 0 Å². The molecule has 0 aromatic heterocycles. The molecule has 126 valence electrons. The van der Waals surface area contributed by atoms with E-state index in [-0.39, 0.29) is 5.91 Å². The number of hydrogen-bond acceptors (Lipinski definition) is 4. The smallest absolute Gasteiger partial charge is 0.416 e. The lowest BCUT2D eigenvalue weighted by molar-refractivity contribution is -0.118. The van der Waals surface area contributed by atoms with Crippen LogP contribution in [0.15, 0.2) is 0 Å². The van der Waals surface area contributed by atoms with Crippen molar-refractivity contribution in [1.29, 1.82) is 0 Å². The first-order chi connectivity index (χ1) is 9.04. The second-order valence-electron chi connectivity index (χ2n) is 8.24. The molecule has 0 unspecified atom stereocenters. The van der Waals surface area contributed by atoms with Gasteiger partial charge in [-0.05, 0) is 58.9 Å². The number of nitrogens with one attached hydrogen (secondary N) is 1. The van der Waals surface area contributed by atoms with Gasteiger partial charge in [0.05, 0.1) is 6.17 Å². The van der Waals surface area contributed by atoms with Crippen LogP contribution in [-0.4, -0.2) is 45.8 Å². The van der Waals surface area contributed by atoms with E-state index in [4.69, 9.17) is 12.3 Å². The predicted octanol–water partition coefficient (Wildman–Crippen LogP) is 3.16. The zero-order valence-electron chi connectivity index (χ0n) is 15.3. The summed E-state index contributed by atoms with van der Waals surface area (Å²) in [5.74, 6) is -0.0793. The number of carbonyl (C=O) groups is 1. The molecule has 5 nitrogen and oxygen atoms in total. The zero-order chi connectivity index (χ0) is 17.1. The van der Waals surface area contributed by atoms with Crippen molar-refractivity contribution in [2.45, 2.75) is 65.8 Å². The van der Waals surface area contributed by atoms with Crippen LogP contribution in [0.2, 0.25) is 58.9 Å². The third kappa shape index (κ3) is 11.4. The standard InChI is InChI=1S/C12H33NO4Si4/c1-12(14)13-11-21(15-18(2,3)4,16-19(5,6)7)17-20(8,9)10/h11H2,1-10H3,(H,13,14). The van der Waals surface area contributed by atoms with Crippen molar-refractivity contribution in [3.8, 4) is 0 Å². The first-order valence-electron chi connectivity index (χ1n) is 7.39. The molecule has 0 aromatic rings. The van der Waals surface area contributed by atoms with Crippen molar-refractivity contribution in [1.82, 2.24) is 5.32 Å². The van der Waals surface area contributed by atoms with Gasteiger partial charge in [-0.15, -0.1) is 0 Å². The summed E-state index contributed by atoms with van der Waals surface area (Å²) in [6.45, 7) is 20.7. The Labute approximate surface area is 134 Å². The Bertz CT molecular complexity index is 317. The molecule has 0 fully saturated rings. The second kappa shape index (κ2) is 7.19. The van der Waals surface area contributed by atoms with E-state index < -0.39 is 33.8 Å². The van der Waals surface area contributed by atoms with Crippen LogP contribution in [0, 0.1) is 0 Å². The maximum atomic E-state index is 11.4. The summed E-state index contributed by atoms with van der Waals surface area (Å²) in [6, 6.07) is 0. The minimum atomic E-state index is -2.91. The Kier molecular flexibility index (Phi) is 7.27. The molecule has 0 rings (SSSR count). The van der Waals surface area contributed by atoms with Gasteiger partial charge in [0.15, 0.2) is 25.0 Å². The van der Waals surface area contributed by atoms with E-state index in [0.29, 0.717) is 6.17 Å². The molecule has 21 heavy (non-hydrogen) atoms. The fraction of sp³-hybridized carbons (Fsp3) is 0.917. The minimum Gasteiger partial charge on any atom is -0.416 e. The monoisotopic (exact) mass is 367 g/mol. The SMILES string of the molecule is CC(=O)NC[Si](O[Si](C)(C)C)(O[Si](C)(C)C)O[Si](C)(C)C. The summed E-state index contributed by atoms with van der Waals surface area (Å²) >= 11 is 0. The molecular formula is C12H33NO4Si4. The van der Waals surface area contributed by atoms with Crippen molar-refractivity contribution in [3.63, 3.8) is 0 Å². The molecule has 0 atom stereocenters. The molecule has 9 heteroatoms. The lowest BCUT2D eigenvalue weighted by Crippen LogP contribution is -2.65. The van der Waals surface area contributed by atoms with E-state index in [9.17, 15) is 4.79 Å². The maximum Gasteiger partial charge on any atom is 0.489 e. The summed E-state index contributed by atoms with van der Waals surface area (Å²) < 4.78 is 19.2. The molecule has 0 aliphatic carbocycles. The molecule has 0 aromatic carbocycles. The fourth-order valence-corrected chi connectivity index (χ4v) is 16.0. The Morgan fingerprint density at radius 1 is 0.762 bits per heavy atom. The summed E-state index contributed by atoms with van der Waals surface area (Å²) in [5.41, 5.74) is 0. The van der Waals surface area contributed by atoms with Crippen LogP contribution in [-0.2, 0) is 17.1 Å². The highest BCUT2D eigenvalue weighted by Crippen LogP contribution is 2.25. The van der Waals surface area contributed by atoms with Crippen LogP contribution in [0.4, 0.5) is 0 Å². The van der Waals surface area contributed by atoms with Gasteiger partial charge in [-0.25, -0.2) is 0 Å². The molecule has 1 N–H and O–H groups in total. The van der Waals surface area contributed by atoms with Crippen LogP contribution in [0.1, 0.15) is 6.92 Å². The average Bonchev–Trinajstić information content (AvgIpc) is 2.05. The lowest BCUT2D eigenvalue weighted by Gasteiger charge is -2.42. The summed E-state index contributed by atoms with van der Waals surface area (Å²) in [5, 5.41) is 2.87. The van der Waals surface area contributed by atoms with Crippen molar-refractivity contribution in [2.75, 3.05) is 6.17 Å². The molecule has 0 aliphatic heterocycles. The first-order valence-corrected chi connectivity index (χ1v) is 19.5. The van der Waals surface area contributed by atoms with Crippen LogP contribution in [0.25, 0.3) is 0 Å². The van der Waals surface area contributed by atoms with Crippen molar-refractivity contribution < 1.29 is 17.1 Å². The van der Waals surface area contributed by atoms with Gasteiger partial charge in [-0.2, -0.15) is 0 Å². The van der Waals surface area contributed by atoms with E-state index >= 15 is 0 Å². The third-order valence-corrected chi connectivity index (χ3v) is 13.6. The van der Waals surface area contributed by atoms with E-state index in [0.717, 1.165) is 0 Å². The highest BCUT2D eigenvalue weighted by atomic mass is 28.5. The van der Waals surface area contributed by atoms with Crippen LogP contribution in [0.5, 0.6) is 0 Å². The van der Waals surface area contributed by atoms with E-state index in [1.54, 1.807) is 0 Å². The quantitative estimate of drug-likeness (QED) is 0.670. The van der Waals surface area contributed by atoms with Gasteiger partial charge in [0.1, 0.15) is 0 Å². The minimum absolute atomic E-state index is 0.0793. The summed E-state index contributed by atoms with van der Waals surface area (Å²) in [4.78, 5) is 11.4. The normalized spacial score (nSPS) is 14.2. The molecule has 0 radical (unpaired) electrons. The molecule has 0 saturated carbocycles. The van der Waals surface area contributed by atoms with Gasteiger partial charge in [0, 0.05) is 6.92 Å². The summed E-state index contributed by atoms with van der Waals surface area (Å²) in [7, 11) is -8.49.